The Morgan fingerprint density at radius 2 is 2.00 bits per heavy atom. The number of carbonyl (C=O) groups is 1. The molecule has 0 saturated carbocycles. The molecule has 0 radical (unpaired) electrons. The van der Waals surface area contributed by atoms with E-state index in [0.29, 0.717) is 24.3 Å². The minimum atomic E-state index is -0.791. The summed E-state index contributed by atoms with van der Waals surface area (Å²) in [6.45, 7) is 4.01. The van der Waals surface area contributed by atoms with E-state index < -0.39 is 10.8 Å². The van der Waals surface area contributed by atoms with Crippen molar-refractivity contribution in [1.29, 1.82) is 0 Å². The van der Waals surface area contributed by atoms with E-state index in [9.17, 15) is 9.00 Å². The molecule has 0 aliphatic carbocycles. The lowest BCUT2D eigenvalue weighted by molar-refractivity contribution is -0.116. The molecule has 3 N–H and O–H groups in total. The first-order chi connectivity index (χ1) is 9.52. The number of aryl methyl sites for hydroxylation is 1. The quantitative estimate of drug-likeness (QED) is 0.725. The maximum Gasteiger partial charge on any atom is 0.224 e. The number of rotatable bonds is 8. The minimum absolute atomic E-state index is 0.0498. The van der Waals surface area contributed by atoms with Crippen LogP contribution in [0.2, 0.25) is 0 Å². The molecular weight excluding hydrogens is 272 g/mol. The topological polar surface area (TPSA) is 72.2 Å². The van der Waals surface area contributed by atoms with Gasteiger partial charge in [0.1, 0.15) is 0 Å². The molecule has 1 atom stereocenters. The predicted octanol–water partition coefficient (Wildman–Crippen LogP) is 2.84. The second-order valence-corrected chi connectivity index (χ2v) is 6.62. The molecule has 1 aromatic rings. The first-order valence-corrected chi connectivity index (χ1v) is 8.52. The first-order valence-electron chi connectivity index (χ1n) is 7.04. The Morgan fingerprint density at radius 1 is 1.30 bits per heavy atom. The Morgan fingerprint density at radius 3 is 2.70 bits per heavy atom. The highest BCUT2D eigenvalue weighted by molar-refractivity contribution is 7.84. The molecule has 1 rings (SSSR count). The van der Waals surface area contributed by atoms with Gasteiger partial charge in [0.2, 0.25) is 5.91 Å². The molecule has 1 aromatic carbocycles. The average Bonchev–Trinajstić information content (AvgIpc) is 2.40. The van der Waals surface area contributed by atoms with Crippen LogP contribution in [-0.2, 0) is 15.6 Å². The van der Waals surface area contributed by atoms with E-state index >= 15 is 0 Å². The molecular formula is C15H24N2O2S. The highest BCUT2D eigenvalue weighted by Gasteiger charge is 2.06. The number of unbranched alkanes of at least 4 members (excludes halogenated alkanes) is 1. The van der Waals surface area contributed by atoms with E-state index in [1.807, 2.05) is 19.1 Å². The molecule has 0 aliphatic rings. The van der Waals surface area contributed by atoms with Gasteiger partial charge in [-0.1, -0.05) is 19.4 Å². The van der Waals surface area contributed by atoms with Gasteiger partial charge in [-0.05, 0) is 37.5 Å². The van der Waals surface area contributed by atoms with Crippen molar-refractivity contribution in [3.05, 3.63) is 23.8 Å². The Bertz CT molecular complexity index is 475. The van der Waals surface area contributed by atoms with Crippen molar-refractivity contribution >= 4 is 28.1 Å². The summed E-state index contributed by atoms with van der Waals surface area (Å²) in [5, 5.41) is 2.85. The second-order valence-electron chi connectivity index (χ2n) is 4.93. The summed E-state index contributed by atoms with van der Waals surface area (Å²) in [4.78, 5) is 11.8. The van der Waals surface area contributed by atoms with Gasteiger partial charge in [0.15, 0.2) is 0 Å². The summed E-state index contributed by atoms with van der Waals surface area (Å²) in [5.41, 5.74) is 8.07. The molecule has 4 nitrogen and oxygen atoms in total. The standard InChI is InChI=1S/C15H24N2O2S/c1-3-4-9-20(19)10-5-6-15(18)17-14-11-13(16)8-7-12(14)2/h7-8,11H,3-6,9-10,16H2,1-2H3,(H,17,18). The number of carbonyl (C=O) groups excluding carboxylic acids is 1. The van der Waals surface area contributed by atoms with Gasteiger partial charge in [-0.25, -0.2) is 0 Å². The van der Waals surface area contributed by atoms with Gasteiger partial charge >= 0.3 is 0 Å². The van der Waals surface area contributed by atoms with Crippen LogP contribution in [0.4, 0.5) is 11.4 Å². The summed E-state index contributed by atoms with van der Waals surface area (Å²) < 4.78 is 11.6. The van der Waals surface area contributed by atoms with Crippen LogP contribution in [0, 0.1) is 6.92 Å². The van der Waals surface area contributed by atoms with Gasteiger partial charge in [0.25, 0.3) is 0 Å². The summed E-state index contributed by atoms with van der Waals surface area (Å²) in [6.07, 6.45) is 3.10. The third-order valence-corrected chi connectivity index (χ3v) is 4.53. The minimum Gasteiger partial charge on any atom is -0.399 e. The zero-order chi connectivity index (χ0) is 15.0. The van der Waals surface area contributed by atoms with E-state index in [0.717, 1.165) is 29.8 Å². The second kappa shape index (κ2) is 8.74. The Balaban J connectivity index is 2.33. The lowest BCUT2D eigenvalue weighted by Gasteiger charge is -2.09. The number of hydrogen-bond acceptors (Lipinski definition) is 3. The highest BCUT2D eigenvalue weighted by atomic mass is 32.2. The Labute approximate surface area is 123 Å². The molecule has 0 fully saturated rings. The van der Waals surface area contributed by atoms with Crippen LogP contribution in [0.5, 0.6) is 0 Å². The summed E-state index contributed by atoms with van der Waals surface area (Å²) in [6, 6.07) is 5.44. The van der Waals surface area contributed by atoms with Crippen LogP contribution in [0.15, 0.2) is 18.2 Å². The van der Waals surface area contributed by atoms with Crippen LogP contribution in [0.1, 0.15) is 38.2 Å². The zero-order valence-electron chi connectivity index (χ0n) is 12.3. The number of nitrogens with two attached hydrogens (primary N) is 1. The lowest BCUT2D eigenvalue weighted by Crippen LogP contribution is -2.14. The van der Waals surface area contributed by atoms with E-state index in [2.05, 4.69) is 12.2 Å². The van der Waals surface area contributed by atoms with Crippen molar-refractivity contribution in [2.24, 2.45) is 0 Å². The van der Waals surface area contributed by atoms with E-state index in [4.69, 9.17) is 5.73 Å². The van der Waals surface area contributed by atoms with E-state index in [1.54, 1.807) is 6.07 Å². The molecule has 112 valence electrons. The number of nitrogens with one attached hydrogen (secondary N) is 1. The highest BCUT2D eigenvalue weighted by Crippen LogP contribution is 2.18. The number of anilines is 2. The average molecular weight is 296 g/mol. The van der Waals surface area contributed by atoms with Gasteiger partial charge in [0.05, 0.1) is 0 Å². The molecule has 0 aliphatic heterocycles. The fourth-order valence-electron chi connectivity index (χ4n) is 1.79. The third kappa shape index (κ3) is 6.19. The van der Waals surface area contributed by atoms with Crippen molar-refractivity contribution in [2.75, 3.05) is 22.6 Å². The van der Waals surface area contributed by atoms with Crippen molar-refractivity contribution < 1.29 is 9.00 Å². The van der Waals surface area contributed by atoms with Gasteiger partial charge in [0, 0.05) is 40.1 Å². The molecule has 1 amide bonds. The number of hydrogen-bond donors (Lipinski definition) is 2. The fourth-order valence-corrected chi connectivity index (χ4v) is 3.07. The van der Waals surface area contributed by atoms with Crippen molar-refractivity contribution in [2.45, 2.75) is 39.5 Å². The fraction of sp³-hybridized carbons (Fsp3) is 0.533. The van der Waals surface area contributed by atoms with Crippen LogP contribution in [-0.4, -0.2) is 21.6 Å². The van der Waals surface area contributed by atoms with Gasteiger partial charge in [-0.15, -0.1) is 0 Å². The number of amides is 1. The van der Waals surface area contributed by atoms with Gasteiger partial charge in [-0.2, -0.15) is 0 Å². The summed E-state index contributed by atoms with van der Waals surface area (Å²) >= 11 is 0. The molecule has 0 heterocycles. The third-order valence-electron chi connectivity index (χ3n) is 3.04. The molecule has 0 saturated heterocycles. The number of benzene rings is 1. The molecule has 20 heavy (non-hydrogen) atoms. The van der Waals surface area contributed by atoms with Crippen molar-refractivity contribution in [1.82, 2.24) is 0 Å². The molecule has 0 spiro atoms. The lowest BCUT2D eigenvalue weighted by atomic mass is 10.1. The molecule has 0 aromatic heterocycles. The van der Waals surface area contributed by atoms with Gasteiger partial charge in [-0.3, -0.25) is 9.00 Å². The maximum absolute atomic E-state index is 11.8. The van der Waals surface area contributed by atoms with E-state index in [1.165, 1.54) is 0 Å². The van der Waals surface area contributed by atoms with Crippen LogP contribution in [0.25, 0.3) is 0 Å². The first kappa shape index (κ1) is 16.7. The van der Waals surface area contributed by atoms with Gasteiger partial charge < -0.3 is 11.1 Å². The van der Waals surface area contributed by atoms with Crippen LogP contribution < -0.4 is 11.1 Å². The Kier molecular flexibility index (Phi) is 7.30. The summed E-state index contributed by atoms with van der Waals surface area (Å²) in [7, 11) is -0.791. The molecule has 5 heteroatoms. The zero-order valence-corrected chi connectivity index (χ0v) is 13.1. The normalized spacial score (nSPS) is 12.1. The van der Waals surface area contributed by atoms with Crippen LogP contribution >= 0.6 is 0 Å². The summed E-state index contributed by atoms with van der Waals surface area (Å²) in [5.74, 6) is 1.29. The van der Waals surface area contributed by atoms with Crippen molar-refractivity contribution in [3.63, 3.8) is 0 Å². The molecule has 0 bridgehead atoms. The van der Waals surface area contributed by atoms with E-state index in [-0.39, 0.29) is 5.91 Å². The maximum atomic E-state index is 11.8. The smallest absolute Gasteiger partial charge is 0.224 e. The van der Waals surface area contributed by atoms with Crippen molar-refractivity contribution in [3.8, 4) is 0 Å². The Hall–Kier alpha value is -1.36. The SMILES string of the molecule is CCCCS(=O)CCCC(=O)Nc1cc(N)ccc1C. The number of nitrogen functional groups attached to an aromatic ring is 1. The molecule has 1 unspecified atom stereocenters. The largest absolute Gasteiger partial charge is 0.399 e. The predicted molar refractivity (Wildman–Crippen MR) is 86.2 cm³/mol. The monoisotopic (exact) mass is 296 g/mol. The van der Waals surface area contributed by atoms with Crippen LogP contribution in [0.3, 0.4) is 0 Å².